The number of rotatable bonds is 2. The van der Waals surface area contributed by atoms with E-state index in [0.29, 0.717) is 0 Å². The van der Waals surface area contributed by atoms with Gasteiger partial charge >= 0.3 is 5.97 Å². The van der Waals surface area contributed by atoms with E-state index in [1.165, 1.54) is 7.11 Å². The first-order valence-corrected chi connectivity index (χ1v) is 5.28. The number of amides is 1. The molecule has 1 aliphatic rings. The van der Waals surface area contributed by atoms with Gasteiger partial charge in [0, 0.05) is 5.92 Å². The normalized spacial score (nSPS) is 30.1. The number of nitrogens with one attached hydrogen (secondary N) is 1. The van der Waals surface area contributed by atoms with Gasteiger partial charge < -0.3 is 15.2 Å². The minimum absolute atomic E-state index is 0.202. The van der Waals surface area contributed by atoms with Gasteiger partial charge in [-0.1, -0.05) is 20.8 Å². The van der Waals surface area contributed by atoms with Crippen molar-refractivity contribution in [3.8, 4) is 0 Å². The summed E-state index contributed by atoms with van der Waals surface area (Å²) >= 11 is 0. The van der Waals surface area contributed by atoms with Crippen LogP contribution in [0, 0.1) is 11.3 Å². The SMILES string of the molecule is COC(=O)[C@@]1(CO)C[C@H](C(C)(C)C)C(=O)N1. The summed E-state index contributed by atoms with van der Waals surface area (Å²) in [5.41, 5.74) is -1.50. The maximum Gasteiger partial charge on any atom is 0.334 e. The molecule has 0 spiro atoms. The van der Waals surface area contributed by atoms with Crippen molar-refractivity contribution in [1.29, 1.82) is 0 Å². The van der Waals surface area contributed by atoms with Crippen LogP contribution in [-0.2, 0) is 14.3 Å². The second-order valence-electron chi connectivity index (χ2n) is 5.34. The van der Waals surface area contributed by atoms with E-state index < -0.39 is 18.1 Å². The molecule has 0 aliphatic carbocycles. The third kappa shape index (κ3) is 2.04. The van der Waals surface area contributed by atoms with Crippen molar-refractivity contribution >= 4 is 11.9 Å². The van der Waals surface area contributed by atoms with Crippen LogP contribution in [0.5, 0.6) is 0 Å². The van der Waals surface area contributed by atoms with Crippen LogP contribution in [0.2, 0.25) is 0 Å². The first-order chi connectivity index (χ1) is 7.27. The molecule has 2 atom stereocenters. The molecule has 0 radical (unpaired) electrons. The van der Waals surface area contributed by atoms with Crippen molar-refractivity contribution in [2.45, 2.75) is 32.7 Å². The Balaban J connectivity index is 2.97. The predicted octanol–water partition coefficient (Wildman–Crippen LogP) is 0.0727. The van der Waals surface area contributed by atoms with E-state index in [-0.39, 0.29) is 23.7 Å². The number of hydrogen-bond acceptors (Lipinski definition) is 4. The van der Waals surface area contributed by atoms with E-state index in [0.717, 1.165) is 0 Å². The molecule has 1 amide bonds. The molecule has 16 heavy (non-hydrogen) atoms. The smallest absolute Gasteiger partial charge is 0.334 e. The second-order valence-corrected chi connectivity index (χ2v) is 5.34. The number of hydrogen-bond donors (Lipinski definition) is 2. The van der Waals surface area contributed by atoms with Gasteiger partial charge in [0.15, 0.2) is 5.54 Å². The van der Waals surface area contributed by atoms with E-state index in [1.807, 2.05) is 20.8 Å². The summed E-state index contributed by atoms with van der Waals surface area (Å²) in [5.74, 6) is -1.08. The maximum absolute atomic E-state index is 11.8. The van der Waals surface area contributed by atoms with Gasteiger partial charge in [0.2, 0.25) is 5.91 Å². The van der Waals surface area contributed by atoms with Crippen molar-refractivity contribution in [2.75, 3.05) is 13.7 Å². The molecule has 0 aromatic heterocycles. The number of carbonyl (C=O) groups is 2. The van der Waals surface area contributed by atoms with Gasteiger partial charge in [0.1, 0.15) is 0 Å². The van der Waals surface area contributed by atoms with E-state index in [1.54, 1.807) is 0 Å². The Morgan fingerprint density at radius 3 is 2.50 bits per heavy atom. The largest absolute Gasteiger partial charge is 0.467 e. The standard InChI is InChI=1S/C11H19NO4/c1-10(2,3)7-5-11(6-13,9(15)16-4)12-8(7)14/h7,13H,5-6H2,1-4H3,(H,12,14)/t7-,11-/m0/s1. The zero-order valence-corrected chi connectivity index (χ0v) is 10.2. The fourth-order valence-electron chi connectivity index (χ4n) is 2.01. The molecule has 92 valence electrons. The van der Waals surface area contributed by atoms with Gasteiger partial charge in [-0.25, -0.2) is 4.79 Å². The summed E-state index contributed by atoms with van der Waals surface area (Å²) in [6, 6.07) is 0. The number of esters is 1. The molecule has 0 unspecified atom stereocenters. The quantitative estimate of drug-likeness (QED) is 0.657. The summed E-state index contributed by atoms with van der Waals surface area (Å²) in [6.45, 7) is 5.37. The highest BCUT2D eigenvalue weighted by molar-refractivity contribution is 5.93. The van der Waals surface area contributed by atoms with Gasteiger partial charge in [-0.2, -0.15) is 0 Å². The first kappa shape index (κ1) is 13.0. The number of ether oxygens (including phenoxy) is 1. The van der Waals surface area contributed by atoms with Crippen molar-refractivity contribution in [1.82, 2.24) is 5.32 Å². The Kier molecular flexibility index (Phi) is 3.28. The molecule has 0 aromatic rings. The molecular weight excluding hydrogens is 210 g/mol. The van der Waals surface area contributed by atoms with E-state index in [9.17, 15) is 14.7 Å². The summed E-state index contributed by atoms with van der Waals surface area (Å²) < 4.78 is 4.62. The molecule has 1 fully saturated rings. The van der Waals surface area contributed by atoms with E-state index in [2.05, 4.69) is 10.1 Å². The van der Waals surface area contributed by atoms with Crippen LogP contribution in [0.3, 0.4) is 0 Å². The van der Waals surface area contributed by atoms with Crippen LogP contribution in [0.15, 0.2) is 0 Å². The Hall–Kier alpha value is -1.10. The second kappa shape index (κ2) is 4.05. The molecular formula is C11H19NO4. The lowest BCUT2D eigenvalue weighted by atomic mass is 9.77. The van der Waals surface area contributed by atoms with Crippen LogP contribution >= 0.6 is 0 Å². The zero-order chi connectivity index (χ0) is 12.6. The predicted molar refractivity (Wildman–Crippen MR) is 57.5 cm³/mol. The number of aliphatic hydroxyl groups is 1. The molecule has 0 bridgehead atoms. The third-order valence-corrected chi connectivity index (χ3v) is 3.12. The van der Waals surface area contributed by atoms with Crippen LogP contribution in [-0.4, -0.2) is 36.2 Å². The topological polar surface area (TPSA) is 75.6 Å². The minimum Gasteiger partial charge on any atom is -0.467 e. The molecule has 0 saturated carbocycles. The van der Waals surface area contributed by atoms with Gasteiger partial charge in [-0.3, -0.25) is 4.79 Å². The molecule has 5 heteroatoms. The van der Waals surface area contributed by atoms with Crippen molar-refractivity contribution < 1.29 is 19.4 Å². The maximum atomic E-state index is 11.8. The lowest BCUT2D eigenvalue weighted by Gasteiger charge is -2.26. The van der Waals surface area contributed by atoms with Gasteiger partial charge in [-0.15, -0.1) is 0 Å². The van der Waals surface area contributed by atoms with Gasteiger partial charge in [0.05, 0.1) is 13.7 Å². The highest BCUT2D eigenvalue weighted by atomic mass is 16.5. The monoisotopic (exact) mass is 229 g/mol. The first-order valence-electron chi connectivity index (χ1n) is 5.28. The number of methoxy groups -OCH3 is 1. The average Bonchev–Trinajstić information content (AvgIpc) is 2.55. The van der Waals surface area contributed by atoms with Crippen LogP contribution in [0.4, 0.5) is 0 Å². The lowest BCUT2D eigenvalue weighted by molar-refractivity contribution is -0.150. The van der Waals surface area contributed by atoms with Crippen molar-refractivity contribution in [3.05, 3.63) is 0 Å². The van der Waals surface area contributed by atoms with Crippen LogP contribution in [0.25, 0.3) is 0 Å². The average molecular weight is 229 g/mol. The number of carbonyl (C=O) groups excluding carboxylic acids is 2. The molecule has 5 nitrogen and oxygen atoms in total. The minimum atomic E-state index is -1.26. The summed E-state index contributed by atoms with van der Waals surface area (Å²) in [5, 5.41) is 11.9. The van der Waals surface area contributed by atoms with E-state index in [4.69, 9.17) is 0 Å². The van der Waals surface area contributed by atoms with Gasteiger partial charge in [-0.05, 0) is 11.8 Å². The summed E-state index contributed by atoms with van der Waals surface area (Å²) in [6.07, 6.45) is 0.276. The van der Waals surface area contributed by atoms with Crippen LogP contribution < -0.4 is 5.32 Å². The Bertz CT molecular complexity index is 308. The van der Waals surface area contributed by atoms with Crippen LogP contribution in [0.1, 0.15) is 27.2 Å². The zero-order valence-electron chi connectivity index (χ0n) is 10.2. The van der Waals surface area contributed by atoms with E-state index >= 15 is 0 Å². The van der Waals surface area contributed by atoms with Gasteiger partial charge in [0.25, 0.3) is 0 Å². The molecule has 1 aliphatic heterocycles. The highest BCUT2D eigenvalue weighted by Gasteiger charge is 2.53. The Labute approximate surface area is 95.2 Å². The third-order valence-electron chi connectivity index (χ3n) is 3.12. The highest BCUT2D eigenvalue weighted by Crippen LogP contribution is 2.38. The Morgan fingerprint density at radius 2 is 2.19 bits per heavy atom. The van der Waals surface area contributed by atoms with Crippen molar-refractivity contribution in [3.63, 3.8) is 0 Å². The molecule has 0 aromatic carbocycles. The summed E-state index contributed by atoms with van der Waals surface area (Å²) in [7, 11) is 1.25. The van der Waals surface area contributed by atoms with Crippen molar-refractivity contribution in [2.24, 2.45) is 11.3 Å². The lowest BCUT2D eigenvalue weighted by Crippen LogP contribution is -2.52. The summed E-state index contributed by atoms with van der Waals surface area (Å²) in [4.78, 5) is 23.4. The molecule has 1 saturated heterocycles. The molecule has 1 heterocycles. The molecule has 1 rings (SSSR count). The fourth-order valence-corrected chi connectivity index (χ4v) is 2.01. The Morgan fingerprint density at radius 1 is 1.62 bits per heavy atom. The number of aliphatic hydroxyl groups excluding tert-OH is 1. The fraction of sp³-hybridized carbons (Fsp3) is 0.818. The molecule has 2 N–H and O–H groups in total.